The number of nitrogens with one attached hydrogen (secondary N) is 1. The van der Waals surface area contributed by atoms with E-state index in [-0.39, 0.29) is 17.2 Å². The molecule has 140 valence electrons. The largest absolute Gasteiger partial charge is 0.355 e. The van der Waals surface area contributed by atoms with E-state index in [0.29, 0.717) is 12.5 Å². The fraction of sp³-hybridized carbons (Fsp3) is 0.278. The van der Waals surface area contributed by atoms with Gasteiger partial charge in [-0.3, -0.25) is 4.99 Å². The highest BCUT2D eigenvalue weighted by atomic mass is 79.9. The zero-order valence-electron chi connectivity index (χ0n) is 14.6. The number of halogens is 2. The molecule has 0 amide bonds. The van der Waals surface area contributed by atoms with Crippen LogP contribution in [0, 0.1) is 5.82 Å². The van der Waals surface area contributed by atoms with Gasteiger partial charge in [0.1, 0.15) is 10.7 Å². The molecule has 0 heterocycles. The molecule has 0 radical (unpaired) electrons. The van der Waals surface area contributed by atoms with Crippen LogP contribution in [0.4, 0.5) is 4.39 Å². The molecule has 0 aliphatic carbocycles. The number of guanidine groups is 1. The molecule has 0 unspecified atom stereocenters. The fourth-order valence-corrected chi connectivity index (χ4v) is 3.93. The van der Waals surface area contributed by atoms with E-state index in [1.807, 2.05) is 36.2 Å². The first-order chi connectivity index (χ1) is 12.3. The summed E-state index contributed by atoms with van der Waals surface area (Å²) in [6, 6.07) is 13.3. The molecule has 0 aliphatic rings. The van der Waals surface area contributed by atoms with Crippen molar-refractivity contribution in [3.05, 3.63) is 64.4 Å². The van der Waals surface area contributed by atoms with Crippen LogP contribution in [-0.2, 0) is 16.4 Å². The van der Waals surface area contributed by atoms with E-state index in [1.165, 1.54) is 18.2 Å². The van der Waals surface area contributed by atoms with Crippen LogP contribution in [-0.4, -0.2) is 45.7 Å². The van der Waals surface area contributed by atoms with Gasteiger partial charge >= 0.3 is 0 Å². The average molecular weight is 442 g/mol. The lowest BCUT2D eigenvalue weighted by atomic mass is 10.2. The van der Waals surface area contributed by atoms with Crippen molar-refractivity contribution in [2.75, 3.05) is 26.4 Å². The third kappa shape index (κ3) is 5.54. The molecule has 0 atom stereocenters. The molecule has 0 aromatic heterocycles. The predicted molar refractivity (Wildman–Crippen MR) is 105 cm³/mol. The number of hydrogen-bond acceptors (Lipinski definition) is 3. The average Bonchev–Trinajstić information content (AvgIpc) is 2.61. The van der Waals surface area contributed by atoms with Crippen molar-refractivity contribution in [2.45, 2.75) is 11.4 Å². The standard InChI is InChI=1S/C18H21BrFN3O2S/c1-21-18(23(2)13-14-7-9-15(19)10-8-14)22-11-12-26(24,25)17-6-4-3-5-16(17)20/h3-10H,11-13H2,1-2H3,(H,21,22). The van der Waals surface area contributed by atoms with Gasteiger partial charge in [-0.05, 0) is 29.8 Å². The van der Waals surface area contributed by atoms with Crippen molar-refractivity contribution in [1.29, 1.82) is 0 Å². The van der Waals surface area contributed by atoms with Gasteiger partial charge in [0.15, 0.2) is 15.8 Å². The molecule has 5 nitrogen and oxygen atoms in total. The van der Waals surface area contributed by atoms with Gasteiger partial charge in [0.25, 0.3) is 0 Å². The third-order valence-corrected chi connectivity index (χ3v) is 6.00. The highest BCUT2D eigenvalue weighted by molar-refractivity contribution is 9.10. The van der Waals surface area contributed by atoms with E-state index >= 15 is 0 Å². The number of nitrogens with zero attached hydrogens (tertiary/aromatic N) is 2. The highest BCUT2D eigenvalue weighted by Gasteiger charge is 2.18. The lowest BCUT2D eigenvalue weighted by Gasteiger charge is -2.22. The summed E-state index contributed by atoms with van der Waals surface area (Å²) in [5.74, 6) is -0.389. The van der Waals surface area contributed by atoms with Crippen LogP contribution < -0.4 is 5.32 Å². The van der Waals surface area contributed by atoms with Crippen molar-refractivity contribution in [2.24, 2.45) is 4.99 Å². The number of aliphatic imine (C=N–C) groups is 1. The zero-order chi connectivity index (χ0) is 19.2. The molecular formula is C18H21BrFN3O2S. The van der Waals surface area contributed by atoms with Gasteiger partial charge in [-0.15, -0.1) is 0 Å². The highest BCUT2D eigenvalue weighted by Crippen LogP contribution is 2.15. The first-order valence-corrected chi connectivity index (χ1v) is 10.4. The van der Waals surface area contributed by atoms with Crippen LogP contribution in [0.25, 0.3) is 0 Å². The summed E-state index contributed by atoms with van der Waals surface area (Å²) in [4.78, 5) is 5.77. The van der Waals surface area contributed by atoms with Crippen molar-refractivity contribution >= 4 is 31.7 Å². The summed E-state index contributed by atoms with van der Waals surface area (Å²) >= 11 is 3.40. The Bertz CT molecular complexity index is 870. The maximum atomic E-state index is 13.7. The summed E-state index contributed by atoms with van der Waals surface area (Å²) in [6.45, 7) is 0.751. The number of rotatable bonds is 6. The Morgan fingerprint density at radius 2 is 1.85 bits per heavy atom. The van der Waals surface area contributed by atoms with Gasteiger partial charge in [-0.1, -0.05) is 40.2 Å². The Morgan fingerprint density at radius 1 is 1.19 bits per heavy atom. The predicted octanol–water partition coefficient (Wildman–Crippen LogP) is 3.07. The Hall–Kier alpha value is -1.93. The molecule has 2 aromatic rings. The van der Waals surface area contributed by atoms with Crippen molar-refractivity contribution in [3.8, 4) is 0 Å². The summed E-state index contributed by atoms with van der Waals surface area (Å²) in [5, 5.41) is 3.01. The Balaban J connectivity index is 1.94. The second-order valence-corrected chi connectivity index (χ2v) is 8.70. The summed E-state index contributed by atoms with van der Waals surface area (Å²) in [6.07, 6.45) is 0. The molecule has 0 fully saturated rings. The van der Waals surface area contributed by atoms with Crippen molar-refractivity contribution < 1.29 is 12.8 Å². The molecule has 2 rings (SSSR count). The molecule has 2 aromatic carbocycles. The van der Waals surface area contributed by atoms with E-state index in [4.69, 9.17) is 0 Å². The summed E-state index contributed by atoms with van der Waals surface area (Å²) < 4.78 is 39.3. The smallest absolute Gasteiger partial charge is 0.193 e. The topological polar surface area (TPSA) is 61.8 Å². The molecule has 0 aliphatic heterocycles. The first kappa shape index (κ1) is 20.4. The fourth-order valence-electron chi connectivity index (χ4n) is 2.43. The van der Waals surface area contributed by atoms with E-state index < -0.39 is 15.7 Å². The molecule has 0 saturated heterocycles. The van der Waals surface area contributed by atoms with Crippen LogP contribution in [0.5, 0.6) is 0 Å². The van der Waals surface area contributed by atoms with Gasteiger partial charge in [0.05, 0.1) is 5.75 Å². The Kier molecular flexibility index (Phi) is 7.16. The van der Waals surface area contributed by atoms with Crippen LogP contribution in [0.3, 0.4) is 0 Å². The van der Waals surface area contributed by atoms with Gasteiger partial charge in [0, 0.05) is 31.7 Å². The first-order valence-electron chi connectivity index (χ1n) is 7.97. The maximum absolute atomic E-state index is 13.7. The molecular weight excluding hydrogens is 421 g/mol. The van der Waals surface area contributed by atoms with Crippen LogP contribution >= 0.6 is 15.9 Å². The Morgan fingerprint density at radius 3 is 2.46 bits per heavy atom. The zero-order valence-corrected chi connectivity index (χ0v) is 17.0. The van der Waals surface area contributed by atoms with E-state index in [1.54, 1.807) is 7.05 Å². The molecule has 0 saturated carbocycles. The molecule has 26 heavy (non-hydrogen) atoms. The number of benzene rings is 2. The van der Waals surface area contributed by atoms with Crippen LogP contribution in [0.1, 0.15) is 5.56 Å². The van der Waals surface area contributed by atoms with E-state index in [0.717, 1.165) is 16.1 Å². The maximum Gasteiger partial charge on any atom is 0.193 e. The minimum Gasteiger partial charge on any atom is -0.355 e. The number of sulfone groups is 1. The quantitative estimate of drug-likeness (QED) is 0.552. The normalized spacial score (nSPS) is 12.1. The van der Waals surface area contributed by atoms with Gasteiger partial charge in [-0.25, -0.2) is 12.8 Å². The van der Waals surface area contributed by atoms with Gasteiger partial charge in [-0.2, -0.15) is 0 Å². The van der Waals surface area contributed by atoms with E-state index in [2.05, 4.69) is 26.2 Å². The van der Waals surface area contributed by atoms with Crippen molar-refractivity contribution in [1.82, 2.24) is 10.2 Å². The molecule has 0 spiro atoms. The lowest BCUT2D eigenvalue weighted by Crippen LogP contribution is -2.40. The summed E-state index contributed by atoms with van der Waals surface area (Å²) in [5.41, 5.74) is 1.10. The van der Waals surface area contributed by atoms with Gasteiger partial charge in [0.2, 0.25) is 0 Å². The lowest BCUT2D eigenvalue weighted by molar-refractivity contribution is 0.478. The minimum atomic E-state index is -3.70. The SMILES string of the molecule is CN=C(NCCS(=O)(=O)c1ccccc1F)N(C)Cc1ccc(Br)cc1. The van der Waals surface area contributed by atoms with Crippen LogP contribution in [0.15, 0.2) is 62.9 Å². The van der Waals surface area contributed by atoms with Crippen molar-refractivity contribution in [3.63, 3.8) is 0 Å². The molecule has 0 bridgehead atoms. The third-order valence-electron chi connectivity index (χ3n) is 3.73. The second-order valence-electron chi connectivity index (χ2n) is 5.71. The second kappa shape index (κ2) is 9.14. The molecule has 8 heteroatoms. The number of hydrogen-bond donors (Lipinski definition) is 1. The van der Waals surface area contributed by atoms with E-state index in [9.17, 15) is 12.8 Å². The molecule has 1 N–H and O–H groups in total. The summed E-state index contributed by atoms with van der Waals surface area (Å²) in [7, 11) is -0.206. The Labute approximate surface area is 162 Å². The van der Waals surface area contributed by atoms with Gasteiger partial charge < -0.3 is 10.2 Å². The minimum absolute atomic E-state index is 0.133. The van der Waals surface area contributed by atoms with Crippen LogP contribution in [0.2, 0.25) is 0 Å². The monoisotopic (exact) mass is 441 g/mol.